The molecule has 152 valence electrons. The number of carboxylic acids is 1. The van der Waals surface area contributed by atoms with E-state index in [1.165, 1.54) is 69.4 Å². The van der Waals surface area contributed by atoms with Crippen LogP contribution in [-0.4, -0.2) is 16.2 Å². The molecule has 3 heteroatoms. The maximum Gasteiger partial charge on any atom is 0.339 e. The number of hydrogen-bond donors (Lipinski definition) is 2. The third kappa shape index (κ3) is 6.70. The van der Waals surface area contributed by atoms with E-state index in [1.807, 2.05) is 18.2 Å². The molecule has 0 aromatic heterocycles. The Morgan fingerprint density at radius 1 is 0.750 bits per heavy atom. The lowest BCUT2D eigenvalue weighted by molar-refractivity contribution is 0.0694. The van der Waals surface area contributed by atoms with Crippen molar-refractivity contribution in [2.24, 2.45) is 0 Å². The number of aryl methyl sites for hydroxylation is 1. The Labute approximate surface area is 169 Å². The number of phenols is 1. The minimum atomic E-state index is -1.11. The number of aromatic carboxylic acids is 1. The lowest BCUT2D eigenvalue weighted by Crippen LogP contribution is -1.98. The van der Waals surface area contributed by atoms with Crippen molar-refractivity contribution in [2.45, 2.75) is 77.6 Å². The van der Waals surface area contributed by atoms with Gasteiger partial charge in [-0.1, -0.05) is 101 Å². The van der Waals surface area contributed by atoms with E-state index >= 15 is 0 Å². The van der Waals surface area contributed by atoms with Gasteiger partial charge in [-0.2, -0.15) is 0 Å². The molecule has 0 saturated heterocycles. The van der Waals surface area contributed by atoms with Crippen molar-refractivity contribution in [3.63, 3.8) is 0 Å². The molecule has 0 unspecified atom stereocenters. The second kappa shape index (κ2) is 12.2. The number of para-hydroxylation sites is 1. The average molecular weight is 383 g/mol. The lowest BCUT2D eigenvalue weighted by Gasteiger charge is -2.12. The monoisotopic (exact) mass is 382 g/mol. The fraction of sp³-hybridized carbons (Fsp3) is 0.480. The summed E-state index contributed by atoms with van der Waals surface area (Å²) in [5, 5.41) is 19.7. The maximum absolute atomic E-state index is 11.3. The Bertz CT molecular complexity index is 736. The zero-order valence-electron chi connectivity index (χ0n) is 17.1. The van der Waals surface area contributed by atoms with Gasteiger partial charge in [-0.05, 0) is 30.0 Å². The first-order valence-electron chi connectivity index (χ1n) is 10.8. The minimum Gasteiger partial charge on any atom is -0.506 e. The molecule has 0 bridgehead atoms. The molecule has 3 nitrogen and oxygen atoms in total. The summed E-state index contributed by atoms with van der Waals surface area (Å²) in [6.45, 7) is 2.25. The van der Waals surface area contributed by atoms with E-state index in [2.05, 4.69) is 13.0 Å². The fourth-order valence-electron chi connectivity index (χ4n) is 3.74. The standard InChI is InChI=1S/C25H34O3/c1-2-3-4-5-6-7-8-9-10-11-15-20-16-12-13-17-21(20)22-18-14-19-23(24(22)26)25(27)28/h12-14,16-19,26H,2-11,15H2,1H3,(H,27,28). The van der Waals surface area contributed by atoms with Crippen LogP contribution in [0.4, 0.5) is 0 Å². The zero-order valence-corrected chi connectivity index (χ0v) is 17.1. The Balaban J connectivity index is 1.85. The van der Waals surface area contributed by atoms with Crippen molar-refractivity contribution in [2.75, 3.05) is 0 Å². The van der Waals surface area contributed by atoms with Crippen molar-refractivity contribution in [3.05, 3.63) is 53.6 Å². The zero-order chi connectivity index (χ0) is 20.2. The Morgan fingerprint density at radius 2 is 1.32 bits per heavy atom. The number of hydrogen-bond acceptors (Lipinski definition) is 2. The SMILES string of the molecule is CCCCCCCCCCCCc1ccccc1-c1cccc(C(=O)O)c1O. The van der Waals surface area contributed by atoms with Gasteiger partial charge in [0.2, 0.25) is 0 Å². The molecule has 0 spiro atoms. The smallest absolute Gasteiger partial charge is 0.339 e. The molecule has 2 aromatic carbocycles. The number of aromatic hydroxyl groups is 1. The number of carbonyl (C=O) groups is 1. The van der Waals surface area contributed by atoms with Crippen molar-refractivity contribution >= 4 is 5.97 Å². The molecular weight excluding hydrogens is 348 g/mol. The highest BCUT2D eigenvalue weighted by atomic mass is 16.4. The largest absolute Gasteiger partial charge is 0.506 e. The summed E-state index contributed by atoms with van der Waals surface area (Å²) in [7, 11) is 0. The third-order valence-electron chi connectivity index (χ3n) is 5.37. The normalized spacial score (nSPS) is 10.9. The van der Waals surface area contributed by atoms with Crippen molar-refractivity contribution in [3.8, 4) is 16.9 Å². The summed E-state index contributed by atoms with van der Waals surface area (Å²) in [6, 6.07) is 12.9. The molecule has 2 aromatic rings. The lowest BCUT2D eigenvalue weighted by atomic mass is 9.93. The maximum atomic E-state index is 11.3. The molecule has 0 aliphatic carbocycles. The third-order valence-corrected chi connectivity index (χ3v) is 5.37. The van der Waals surface area contributed by atoms with E-state index in [9.17, 15) is 15.0 Å². The van der Waals surface area contributed by atoms with Crippen LogP contribution in [0.25, 0.3) is 11.1 Å². The number of benzene rings is 2. The second-order valence-corrected chi connectivity index (χ2v) is 7.60. The molecule has 0 amide bonds. The van der Waals surface area contributed by atoms with Crippen LogP contribution in [0, 0.1) is 0 Å². The van der Waals surface area contributed by atoms with Gasteiger partial charge in [-0.3, -0.25) is 0 Å². The Kier molecular flexibility index (Phi) is 9.61. The number of unbranched alkanes of at least 4 members (excludes halogenated alkanes) is 9. The van der Waals surface area contributed by atoms with Crippen molar-refractivity contribution < 1.29 is 15.0 Å². The molecule has 0 aliphatic heterocycles. The second-order valence-electron chi connectivity index (χ2n) is 7.60. The molecule has 28 heavy (non-hydrogen) atoms. The van der Waals surface area contributed by atoms with E-state index in [0.717, 1.165) is 18.4 Å². The predicted octanol–water partition coefficient (Wildman–Crippen LogP) is 7.22. The first-order valence-corrected chi connectivity index (χ1v) is 10.8. The summed E-state index contributed by atoms with van der Waals surface area (Å²) < 4.78 is 0. The molecule has 0 aliphatic rings. The first-order chi connectivity index (χ1) is 13.6. The predicted molar refractivity (Wildman–Crippen MR) is 116 cm³/mol. The van der Waals surface area contributed by atoms with Crippen LogP contribution in [0.5, 0.6) is 5.75 Å². The van der Waals surface area contributed by atoms with Gasteiger partial charge >= 0.3 is 5.97 Å². The highest BCUT2D eigenvalue weighted by Crippen LogP contribution is 2.34. The fourth-order valence-corrected chi connectivity index (χ4v) is 3.74. The molecule has 0 heterocycles. The highest BCUT2D eigenvalue weighted by Gasteiger charge is 2.15. The van der Waals surface area contributed by atoms with Gasteiger partial charge in [0.25, 0.3) is 0 Å². The molecule has 0 radical (unpaired) electrons. The molecule has 0 atom stereocenters. The van der Waals surface area contributed by atoms with Crippen molar-refractivity contribution in [1.29, 1.82) is 0 Å². The Morgan fingerprint density at radius 3 is 1.96 bits per heavy atom. The van der Waals surface area contributed by atoms with Gasteiger partial charge in [-0.25, -0.2) is 4.79 Å². The number of rotatable bonds is 13. The van der Waals surface area contributed by atoms with Gasteiger partial charge in [0.1, 0.15) is 11.3 Å². The van der Waals surface area contributed by atoms with E-state index in [4.69, 9.17) is 0 Å². The van der Waals surface area contributed by atoms with Gasteiger partial charge in [0.15, 0.2) is 0 Å². The molecule has 0 saturated carbocycles. The van der Waals surface area contributed by atoms with Crippen LogP contribution in [0.15, 0.2) is 42.5 Å². The summed E-state index contributed by atoms with van der Waals surface area (Å²) in [5.74, 6) is -1.25. The summed E-state index contributed by atoms with van der Waals surface area (Å²) in [4.78, 5) is 11.3. The van der Waals surface area contributed by atoms with E-state index in [1.54, 1.807) is 12.1 Å². The topological polar surface area (TPSA) is 57.5 Å². The average Bonchev–Trinajstić information content (AvgIpc) is 2.70. The molecule has 0 fully saturated rings. The summed E-state index contributed by atoms with van der Waals surface area (Å²) >= 11 is 0. The number of carboxylic acid groups (broad SMARTS) is 1. The van der Waals surface area contributed by atoms with Gasteiger partial charge in [0.05, 0.1) is 0 Å². The first kappa shape index (κ1) is 22.0. The van der Waals surface area contributed by atoms with Crippen molar-refractivity contribution in [1.82, 2.24) is 0 Å². The van der Waals surface area contributed by atoms with Crippen LogP contribution < -0.4 is 0 Å². The van der Waals surface area contributed by atoms with Crippen LogP contribution in [0.1, 0.15) is 87.1 Å². The van der Waals surface area contributed by atoms with E-state index in [-0.39, 0.29) is 11.3 Å². The van der Waals surface area contributed by atoms with Crippen LogP contribution >= 0.6 is 0 Å². The summed E-state index contributed by atoms with van der Waals surface area (Å²) in [5.41, 5.74) is 2.65. The quantitative estimate of drug-likeness (QED) is 0.359. The molecule has 2 rings (SSSR count). The van der Waals surface area contributed by atoms with Crippen LogP contribution in [0.2, 0.25) is 0 Å². The van der Waals surface area contributed by atoms with Gasteiger partial charge < -0.3 is 10.2 Å². The van der Waals surface area contributed by atoms with Gasteiger partial charge in [0, 0.05) is 5.56 Å². The van der Waals surface area contributed by atoms with E-state index < -0.39 is 5.97 Å². The highest BCUT2D eigenvalue weighted by molar-refractivity contribution is 5.94. The Hall–Kier alpha value is -2.29. The molecule has 2 N–H and O–H groups in total. The van der Waals surface area contributed by atoms with Crippen LogP contribution in [-0.2, 0) is 6.42 Å². The van der Waals surface area contributed by atoms with E-state index in [0.29, 0.717) is 5.56 Å². The van der Waals surface area contributed by atoms with Gasteiger partial charge in [-0.15, -0.1) is 0 Å². The molecular formula is C25H34O3. The van der Waals surface area contributed by atoms with Crippen LogP contribution in [0.3, 0.4) is 0 Å². The minimum absolute atomic E-state index is 0.0498. The summed E-state index contributed by atoms with van der Waals surface area (Å²) in [6.07, 6.45) is 14.0.